The first-order valence-electron chi connectivity index (χ1n) is 8.82. The van der Waals surface area contributed by atoms with E-state index in [9.17, 15) is 18.7 Å². The van der Waals surface area contributed by atoms with Gasteiger partial charge in [-0.1, -0.05) is 0 Å². The van der Waals surface area contributed by atoms with Crippen LogP contribution in [0.15, 0.2) is 30.3 Å². The lowest BCUT2D eigenvalue weighted by molar-refractivity contribution is 0.0778. The summed E-state index contributed by atoms with van der Waals surface area (Å²) in [5.41, 5.74) is 4.71. The highest BCUT2D eigenvalue weighted by molar-refractivity contribution is 7.20. The number of nitriles is 1. The van der Waals surface area contributed by atoms with Crippen molar-refractivity contribution in [3.05, 3.63) is 64.4 Å². The lowest BCUT2D eigenvalue weighted by Gasteiger charge is -2.18. The molecule has 0 saturated heterocycles. The van der Waals surface area contributed by atoms with Gasteiger partial charge < -0.3 is 16.2 Å². The molecule has 0 aliphatic heterocycles. The summed E-state index contributed by atoms with van der Waals surface area (Å²) in [6.07, 6.45) is 0. The molecule has 0 bridgehead atoms. The Kier molecular flexibility index (Phi) is 5.57. The largest absolute Gasteiger partial charge is 0.386 e. The monoisotopic (exact) mass is 428 g/mol. The van der Waals surface area contributed by atoms with Crippen LogP contribution >= 0.6 is 11.3 Å². The maximum Gasteiger partial charge on any atom is 0.251 e. The van der Waals surface area contributed by atoms with Gasteiger partial charge in [-0.2, -0.15) is 5.26 Å². The van der Waals surface area contributed by atoms with E-state index in [1.165, 1.54) is 19.9 Å². The van der Waals surface area contributed by atoms with E-state index in [2.05, 4.69) is 10.3 Å². The van der Waals surface area contributed by atoms with Gasteiger partial charge in [0.25, 0.3) is 5.91 Å². The van der Waals surface area contributed by atoms with Gasteiger partial charge in [0.2, 0.25) is 0 Å². The highest BCUT2D eigenvalue weighted by atomic mass is 32.1. The van der Waals surface area contributed by atoms with Crippen molar-refractivity contribution in [3.63, 3.8) is 0 Å². The molecule has 0 radical (unpaired) electrons. The molecule has 9 heteroatoms. The van der Waals surface area contributed by atoms with Crippen molar-refractivity contribution in [1.29, 1.82) is 5.26 Å². The first kappa shape index (κ1) is 21.4. The molecule has 6 nitrogen and oxygen atoms in total. The number of aryl methyl sites for hydroxylation is 1. The predicted octanol–water partition coefficient (Wildman–Crippen LogP) is 4.34. The number of hydrogen-bond donors (Lipinski definition) is 3. The molecule has 30 heavy (non-hydrogen) atoms. The van der Waals surface area contributed by atoms with Gasteiger partial charge in [0.05, 0.1) is 28.0 Å². The van der Waals surface area contributed by atoms with E-state index in [-0.39, 0.29) is 26.6 Å². The van der Waals surface area contributed by atoms with Gasteiger partial charge in [-0.3, -0.25) is 4.79 Å². The van der Waals surface area contributed by atoms with Crippen LogP contribution in [0.25, 0.3) is 10.4 Å². The van der Waals surface area contributed by atoms with Crippen LogP contribution in [0, 0.1) is 29.9 Å². The van der Waals surface area contributed by atoms with Gasteiger partial charge in [0.15, 0.2) is 0 Å². The average Bonchev–Trinajstić information content (AvgIpc) is 3.04. The number of thiophene rings is 1. The first-order chi connectivity index (χ1) is 14.0. The summed E-state index contributed by atoms with van der Waals surface area (Å²) >= 11 is 0.934. The predicted molar refractivity (Wildman–Crippen MR) is 110 cm³/mol. The molecule has 0 atom stereocenters. The third-order valence-corrected chi connectivity index (χ3v) is 5.51. The van der Waals surface area contributed by atoms with Gasteiger partial charge in [-0.05, 0) is 56.7 Å². The van der Waals surface area contributed by atoms with Crippen molar-refractivity contribution in [2.24, 2.45) is 5.73 Å². The minimum atomic E-state index is -1.42. The van der Waals surface area contributed by atoms with Crippen LogP contribution in [-0.4, -0.2) is 16.0 Å². The zero-order chi connectivity index (χ0) is 22.2. The standard InChI is InChI=1S/C21H18F2N4O2S/c1-10-11(9-24)4-5-17(26-10)27-20-13(19(25)28)8-16(30-20)18-14(22)6-12(7-15(18)23)21(2,3)29/h4-8,29H,1-3H3,(H2,25,28)(H,26,27). The zero-order valence-corrected chi connectivity index (χ0v) is 17.2. The number of anilines is 2. The smallest absolute Gasteiger partial charge is 0.251 e. The van der Waals surface area contributed by atoms with E-state index in [0.717, 1.165) is 23.5 Å². The second-order valence-corrected chi connectivity index (χ2v) is 8.21. The number of carbonyl (C=O) groups is 1. The van der Waals surface area contributed by atoms with Crippen molar-refractivity contribution in [2.45, 2.75) is 26.4 Å². The number of rotatable bonds is 5. The Bertz CT molecular complexity index is 1170. The van der Waals surface area contributed by atoms with Crippen LogP contribution < -0.4 is 11.1 Å². The summed E-state index contributed by atoms with van der Waals surface area (Å²) in [5.74, 6) is -2.17. The van der Waals surface area contributed by atoms with Crippen LogP contribution in [0.1, 0.15) is 41.0 Å². The summed E-state index contributed by atoms with van der Waals surface area (Å²) < 4.78 is 29.4. The molecule has 0 spiro atoms. The van der Waals surface area contributed by atoms with E-state index in [1.807, 2.05) is 6.07 Å². The van der Waals surface area contributed by atoms with Crippen molar-refractivity contribution in [2.75, 3.05) is 5.32 Å². The average molecular weight is 428 g/mol. The number of nitrogens with one attached hydrogen (secondary N) is 1. The Morgan fingerprint density at radius 3 is 2.40 bits per heavy atom. The fourth-order valence-electron chi connectivity index (χ4n) is 2.82. The summed E-state index contributed by atoms with van der Waals surface area (Å²) in [7, 11) is 0. The highest BCUT2D eigenvalue weighted by Gasteiger charge is 2.24. The lowest BCUT2D eigenvalue weighted by atomic mass is 9.96. The number of carbonyl (C=O) groups excluding carboxylic acids is 1. The second kappa shape index (κ2) is 7.82. The summed E-state index contributed by atoms with van der Waals surface area (Å²) in [6, 6.07) is 8.54. The molecule has 3 aromatic rings. The fourth-order valence-corrected chi connectivity index (χ4v) is 3.94. The van der Waals surface area contributed by atoms with E-state index in [1.54, 1.807) is 19.1 Å². The minimum Gasteiger partial charge on any atom is -0.386 e. The van der Waals surface area contributed by atoms with Gasteiger partial charge in [-0.15, -0.1) is 11.3 Å². The quantitative estimate of drug-likeness (QED) is 0.560. The van der Waals surface area contributed by atoms with Crippen molar-refractivity contribution < 1.29 is 18.7 Å². The molecule has 3 rings (SSSR count). The maximum absolute atomic E-state index is 14.7. The lowest BCUT2D eigenvalue weighted by Crippen LogP contribution is -2.16. The molecule has 0 fully saturated rings. The molecule has 1 aromatic carbocycles. The summed E-state index contributed by atoms with van der Waals surface area (Å²) in [4.78, 5) is 16.3. The van der Waals surface area contributed by atoms with Gasteiger partial charge in [0.1, 0.15) is 28.5 Å². The number of nitrogens with two attached hydrogens (primary N) is 1. The molecule has 1 amide bonds. The summed E-state index contributed by atoms with van der Waals surface area (Å²) in [6.45, 7) is 4.51. The summed E-state index contributed by atoms with van der Waals surface area (Å²) in [5, 5.41) is 22.2. The van der Waals surface area contributed by atoms with Crippen LogP contribution in [0.2, 0.25) is 0 Å². The number of aliphatic hydroxyl groups is 1. The number of primary amides is 1. The molecule has 0 unspecified atom stereocenters. The Balaban J connectivity index is 2.06. The highest BCUT2D eigenvalue weighted by Crippen LogP contribution is 2.40. The van der Waals surface area contributed by atoms with Gasteiger partial charge in [0, 0.05) is 4.88 Å². The third kappa shape index (κ3) is 4.15. The number of benzene rings is 1. The Morgan fingerprint density at radius 1 is 1.27 bits per heavy atom. The normalized spacial score (nSPS) is 11.2. The third-order valence-electron chi connectivity index (χ3n) is 4.44. The first-order valence-corrected chi connectivity index (χ1v) is 9.63. The zero-order valence-electron chi connectivity index (χ0n) is 16.4. The molecule has 0 aliphatic carbocycles. The number of pyridine rings is 1. The molecule has 2 aromatic heterocycles. The van der Waals surface area contributed by atoms with Crippen LogP contribution in [0.5, 0.6) is 0 Å². The number of halogens is 2. The number of amides is 1. The fraction of sp³-hybridized carbons (Fsp3) is 0.190. The number of hydrogen-bond acceptors (Lipinski definition) is 6. The Labute approximate surface area is 175 Å². The molecular formula is C21H18F2N4O2S. The van der Waals surface area contributed by atoms with Crippen molar-refractivity contribution in [3.8, 4) is 16.5 Å². The number of nitrogens with zero attached hydrogens (tertiary/aromatic N) is 2. The topological polar surface area (TPSA) is 112 Å². The molecule has 4 N–H and O–H groups in total. The van der Waals surface area contributed by atoms with Gasteiger partial charge in [-0.25, -0.2) is 13.8 Å². The van der Waals surface area contributed by atoms with E-state index < -0.39 is 23.1 Å². The Morgan fingerprint density at radius 2 is 1.90 bits per heavy atom. The SMILES string of the molecule is Cc1nc(Nc2sc(-c3c(F)cc(C(C)(C)O)cc3F)cc2C(N)=O)ccc1C#N. The van der Waals surface area contributed by atoms with E-state index >= 15 is 0 Å². The van der Waals surface area contributed by atoms with E-state index in [0.29, 0.717) is 17.1 Å². The molecule has 0 saturated carbocycles. The van der Waals surface area contributed by atoms with Crippen LogP contribution in [-0.2, 0) is 5.60 Å². The minimum absolute atomic E-state index is 0.0455. The second-order valence-electron chi connectivity index (χ2n) is 7.16. The maximum atomic E-state index is 14.7. The van der Waals surface area contributed by atoms with Crippen molar-refractivity contribution >= 4 is 28.1 Å². The van der Waals surface area contributed by atoms with Gasteiger partial charge >= 0.3 is 0 Å². The van der Waals surface area contributed by atoms with Crippen LogP contribution in [0.4, 0.5) is 19.6 Å². The molecule has 154 valence electrons. The molecular weight excluding hydrogens is 410 g/mol. The molecule has 2 heterocycles. The molecule has 0 aliphatic rings. The van der Waals surface area contributed by atoms with E-state index in [4.69, 9.17) is 11.0 Å². The Hall–Kier alpha value is -3.35. The van der Waals surface area contributed by atoms with Crippen LogP contribution in [0.3, 0.4) is 0 Å². The van der Waals surface area contributed by atoms with Crippen molar-refractivity contribution in [1.82, 2.24) is 4.98 Å². The number of aromatic nitrogens is 1.